The van der Waals surface area contributed by atoms with E-state index in [1.54, 1.807) is 29.2 Å². The van der Waals surface area contributed by atoms with Crippen molar-refractivity contribution < 1.29 is 22.3 Å². The Kier molecular flexibility index (Phi) is 7.67. The first kappa shape index (κ1) is 24.7. The molecule has 0 atom stereocenters. The molecule has 1 heterocycles. The zero-order valence-corrected chi connectivity index (χ0v) is 20.3. The Morgan fingerprint density at radius 1 is 0.914 bits per heavy atom. The van der Waals surface area contributed by atoms with Gasteiger partial charge in [-0.3, -0.25) is 14.0 Å². The number of anilines is 1. The summed E-state index contributed by atoms with van der Waals surface area (Å²) in [6.45, 7) is 2.88. The van der Waals surface area contributed by atoms with E-state index in [0.717, 1.165) is 23.0 Å². The zero-order chi connectivity index (χ0) is 24.8. The van der Waals surface area contributed by atoms with E-state index < -0.39 is 15.8 Å². The minimum atomic E-state index is -4.11. The largest absolute Gasteiger partial charge is 0.497 e. The lowest BCUT2D eigenvalue weighted by Gasteiger charge is -2.36. The summed E-state index contributed by atoms with van der Waals surface area (Å²) in [4.78, 5) is 17.1. The first-order valence-electron chi connectivity index (χ1n) is 11.3. The number of hydrogen-bond donors (Lipinski definition) is 0. The van der Waals surface area contributed by atoms with Gasteiger partial charge in [-0.15, -0.1) is 0 Å². The van der Waals surface area contributed by atoms with Crippen LogP contribution in [0.2, 0.25) is 0 Å². The van der Waals surface area contributed by atoms with Gasteiger partial charge in [-0.05, 0) is 54.1 Å². The second-order valence-electron chi connectivity index (χ2n) is 8.31. The number of carbonyl (C=O) groups is 1. The maximum Gasteiger partial charge on any atom is 0.264 e. The van der Waals surface area contributed by atoms with Crippen molar-refractivity contribution in [1.29, 1.82) is 0 Å². The third-order valence-electron chi connectivity index (χ3n) is 6.01. The van der Waals surface area contributed by atoms with Crippen molar-refractivity contribution >= 4 is 21.6 Å². The number of hydrogen-bond acceptors (Lipinski definition) is 5. The van der Waals surface area contributed by atoms with Gasteiger partial charge in [0.1, 0.15) is 18.1 Å². The summed E-state index contributed by atoms with van der Waals surface area (Å²) in [5, 5.41) is 0. The molecule has 3 aromatic carbocycles. The molecule has 4 rings (SSSR count). The molecule has 7 nitrogen and oxygen atoms in total. The topological polar surface area (TPSA) is 70.2 Å². The number of nitrogens with zero attached hydrogens (tertiary/aromatic N) is 3. The van der Waals surface area contributed by atoms with E-state index in [2.05, 4.69) is 17.0 Å². The van der Waals surface area contributed by atoms with Crippen LogP contribution in [0.3, 0.4) is 0 Å². The van der Waals surface area contributed by atoms with Gasteiger partial charge in [0.15, 0.2) is 0 Å². The fraction of sp³-hybridized carbons (Fsp3) is 0.269. The van der Waals surface area contributed by atoms with Crippen LogP contribution in [0.15, 0.2) is 83.8 Å². The number of methoxy groups -OCH3 is 1. The van der Waals surface area contributed by atoms with Crippen molar-refractivity contribution in [3.63, 3.8) is 0 Å². The third kappa shape index (κ3) is 5.98. The molecular weight excluding hydrogens is 469 g/mol. The number of piperazine rings is 1. The maximum absolute atomic E-state index is 13.5. The molecule has 0 saturated carbocycles. The molecule has 3 aromatic rings. The summed E-state index contributed by atoms with van der Waals surface area (Å²) in [6, 6.07) is 21.2. The molecule has 1 aliphatic heterocycles. The van der Waals surface area contributed by atoms with Crippen molar-refractivity contribution in [2.45, 2.75) is 11.4 Å². The smallest absolute Gasteiger partial charge is 0.264 e. The van der Waals surface area contributed by atoms with E-state index >= 15 is 0 Å². The summed E-state index contributed by atoms with van der Waals surface area (Å²) in [5.74, 6) is -0.260. The Morgan fingerprint density at radius 2 is 1.54 bits per heavy atom. The fourth-order valence-corrected chi connectivity index (χ4v) is 5.43. The van der Waals surface area contributed by atoms with Crippen molar-refractivity contribution in [3.05, 3.63) is 90.2 Å². The van der Waals surface area contributed by atoms with Crippen LogP contribution in [0, 0.1) is 5.82 Å². The molecular formula is C26H28FN3O4S. The molecule has 9 heteroatoms. The van der Waals surface area contributed by atoms with Gasteiger partial charge in [0.25, 0.3) is 10.0 Å². The number of carbonyl (C=O) groups excluding carboxylic acids is 1. The van der Waals surface area contributed by atoms with E-state index in [1.807, 2.05) is 18.2 Å². The Morgan fingerprint density at radius 3 is 2.14 bits per heavy atom. The highest BCUT2D eigenvalue weighted by Crippen LogP contribution is 2.26. The molecule has 0 aromatic heterocycles. The number of benzene rings is 3. The van der Waals surface area contributed by atoms with Gasteiger partial charge in [-0.1, -0.05) is 30.3 Å². The van der Waals surface area contributed by atoms with Gasteiger partial charge in [0, 0.05) is 32.7 Å². The average Bonchev–Trinajstić information content (AvgIpc) is 2.88. The Bertz CT molecular complexity index is 1230. The molecule has 35 heavy (non-hydrogen) atoms. The Balaban J connectivity index is 1.49. The minimum Gasteiger partial charge on any atom is -0.497 e. The van der Waals surface area contributed by atoms with Crippen molar-refractivity contribution in [2.24, 2.45) is 0 Å². The predicted octanol–water partition coefficient (Wildman–Crippen LogP) is 3.37. The summed E-state index contributed by atoms with van der Waals surface area (Å²) < 4.78 is 46.6. The number of rotatable bonds is 8. The molecule has 1 saturated heterocycles. The van der Waals surface area contributed by atoms with Crippen LogP contribution in [0.1, 0.15) is 5.56 Å². The molecule has 0 radical (unpaired) electrons. The monoisotopic (exact) mass is 497 g/mol. The van der Waals surface area contributed by atoms with E-state index in [9.17, 15) is 17.6 Å². The highest BCUT2D eigenvalue weighted by atomic mass is 32.2. The summed E-state index contributed by atoms with van der Waals surface area (Å²) in [6.07, 6.45) is 0. The quantitative estimate of drug-likeness (QED) is 0.477. The van der Waals surface area contributed by atoms with Gasteiger partial charge in [0.05, 0.1) is 17.7 Å². The first-order valence-corrected chi connectivity index (χ1v) is 12.8. The second-order valence-corrected chi connectivity index (χ2v) is 10.2. The van der Waals surface area contributed by atoms with E-state index in [4.69, 9.17) is 4.74 Å². The van der Waals surface area contributed by atoms with E-state index in [0.29, 0.717) is 37.6 Å². The van der Waals surface area contributed by atoms with Gasteiger partial charge in [-0.2, -0.15) is 0 Å². The van der Waals surface area contributed by atoms with Crippen LogP contribution in [-0.2, 0) is 21.4 Å². The van der Waals surface area contributed by atoms with Crippen molar-refractivity contribution in [2.75, 3.05) is 44.1 Å². The van der Waals surface area contributed by atoms with Crippen molar-refractivity contribution in [1.82, 2.24) is 9.80 Å². The second kappa shape index (κ2) is 10.9. The van der Waals surface area contributed by atoms with Crippen LogP contribution < -0.4 is 9.04 Å². The number of amides is 1. The highest BCUT2D eigenvalue weighted by molar-refractivity contribution is 7.92. The molecule has 0 unspecified atom stereocenters. The van der Waals surface area contributed by atoms with Crippen molar-refractivity contribution in [3.8, 4) is 5.75 Å². The van der Waals surface area contributed by atoms with Crippen LogP contribution in [0.5, 0.6) is 5.75 Å². The van der Waals surface area contributed by atoms with Crippen LogP contribution >= 0.6 is 0 Å². The predicted molar refractivity (Wildman–Crippen MR) is 132 cm³/mol. The molecule has 1 amide bonds. The van der Waals surface area contributed by atoms with Gasteiger partial charge < -0.3 is 9.64 Å². The highest BCUT2D eigenvalue weighted by Gasteiger charge is 2.30. The third-order valence-corrected chi connectivity index (χ3v) is 7.80. The lowest BCUT2D eigenvalue weighted by molar-refractivity contribution is -0.131. The zero-order valence-electron chi connectivity index (χ0n) is 19.5. The summed E-state index contributed by atoms with van der Waals surface area (Å²) >= 11 is 0. The molecule has 0 aliphatic carbocycles. The van der Waals surface area contributed by atoms with Crippen LogP contribution in [0.25, 0.3) is 0 Å². The SMILES string of the molecule is COc1ccc(N(CC(=O)N2CCN(Cc3ccccc3)CC2)S(=O)(=O)c2ccc(F)cc2)cc1. The number of sulfonamides is 1. The molecule has 0 N–H and O–H groups in total. The van der Waals surface area contributed by atoms with E-state index in [-0.39, 0.29) is 17.3 Å². The van der Waals surface area contributed by atoms with Gasteiger partial charge in [-0.25, -0.2) is 12.8 Å². The molecule has 0 bridgehead atoms. The Hall–Kier alpha value is -3.43. The lowest BCUT2D eigenvalue weighted by Crippen LogP contribution is -2.51. The maximum atomic E-state index is 13.5. The molecule has 0 spiro atoms. The summed E-state index contributed by atoms with van der Waals surface area (Å²) in [7, 11) is -2.59. The van der Waals surface area contributed by atoms with Crippen LogP contribution in [-0.4, -0.2) is 64.0 Å². The summed E-state index contributed by atoms with van der Waals surface area (Å²) in [5.41, 5.74) is 1.54. The standard InChI is InChI=1S/C26H28FN3O4S/c1-34-24-11-9-23(10-12-24)30(35(32,33)25-13-7-22(27)8-14-25)20-26(31)29-17-15-28(16-18-29)19-21-5-3-2-4-6-21/h2-14H,15-20H2,1H3. The fourth-order valence-electron chi connectivity index (χ4n) is 4.02. The molecule has 184 valence electrons. The first-order chi connectivity index (χ1) is 16.9. The number of ether oxygens (including phenoxy) is 1. The molecule has 1 aliphatic rings. The molecule has 1 fully saturated rings. The van der Waals surface area contributed by atoms with Gasteiger partial charge >= 0.3 is 0 Å². The van der Waals surface area contributed by atoms with Gasteiger partial charge in [0.2, 0.25) is 5.91 Å². The average molecular weight is 498 g/mol. The van der Waals surface area contributed by atoms with E-state index in [1.165, 1.54) is 24.8 Å². The minimum absolute atomic E-state index is 0.0878. The normalized spacial score (nSPS) is 14.5. The van der Waals surface area contributed by atoms with Crippen LogP contribution in [0.4, 0.5) is 10.1 Å². The number of halogens is 1. The lowest BCUT2D eigenvalue weighted by atomic mass is 10.2. The Labute approximate surface area is 205 Å².